The second-order valence-electron chi connectivity index (χ2n) is 11.0. The van der Waals surface area contributed by atoms with Crippen molar-refractivity contribution in [1.82, 2.24) is 29.6 Å². The van der Waals surface area contributed by atoms with Gasteiger partial charge in [0.2, 0.25) is 0 Å². The highest BCUT2D eigenvalue weighted by atomic mass is 19.4. The van der Waals surface area contributed by atoms with Gasteiger partial charge in [0.25, 0.3) is 5.56 Å². The van der Waals surface area contributed by atoms with Crippen LogP contribution in [0.15, 0.2) is 47.8 Å². The molecule has 1 saturated carbocycles. The van der Waals surface area contributed by atoms with E-state index in [0.717, 1.165) is 12.4 Å². The first-order chi connectivity index (χ1) is 18.4. The molecule has 5 rings (SSSR count). The maximum absolute atomic E-state index is 15.3. The van der Waals surface area contributed by atoms with Crippen molar-refractivity contribution in [3.8, 4) is 5.69 Å². The number of aryl methyl sites for hydroxylation is 1. The van der Waals surface area contributed by atoms with Gasteiger partial charge in [-0.05, 0) is 67.1 Å². The van der Waals surface area contributed by atoms with E-state index in [1.54, 1.807) is 24.0 Å². The lowest BCUT2D eigenvalue weighted by Gasteiger charge is -2.46. The van der Waals surface area contributed by atoms with Crippen LogP contribution in [0.1, 0.15) is 56.1 Å². The first-order valence-corrected chi connectivity index (χ1v) is 12.9. The van der Waals surface area contributed by atoms with Crippen LogP contribution in [0.25, 0.3) is 16.6 Å². The number of halogens is 4. The van der Waals surface area contributed by atoms with Crippen molar-refractivity contribution in [3.63, 3.8) is 0 Å². The number of hydrogen-bond acceptors (Lipinski definition) is 5. The Morgan fingerprint density at radius 2 is 1.90 bits per heavy atom. The second-order valence-corrected chi connectivity index (χ2v) is 11.0. The lowest BCUT2D eigenvalue weighted by molar-refractivity contribution is -0.136. The Balaban J connectivity index is 1.64. The summed E-state index contributed by atoms with van der Waals surface area (Å²) in [4.78, 5) is 17.7. The Hall–Kier alpha value is -3.60. The van der Waals surface area contributed by atoms with E-state index in [0.29, 0.717) is 53.9 Å². The molecule has 0 saturated heterocycles. The fraction of sp³-hybridized carbons (Fsp3) is 0.429. The first kappa shape index (κ1) is 27.0. The summed E-state index contributed by atoms with van der Waals surface area (Å²) in [7, 11) is 1.80. The van der Waals surface area contributed by atoms with Crippen molar-refractivity contribution in [2.45, 2.75) is 51.7 Å². The zero-order valence-electron chi connectivity index (χ0n) is 22.2. The quantitative estimate of drug-likeness (QED) is 0.328. The molecule has 2 aromatic heterocycles. The Labute approximate surface area is 222 Å². The smallest absolute Gasteiger partial charge is 0.320 e. The highest BCUT2D eigenvalue weighted by Gasteiger charge is 2.49. The van der Waals surface area contributed by atoms with E-state index in [4.69, 9.17) is 0 Å². The van der Waals surface area contributed by atoms with Crippen LogP contribution in [0.4, 0.5) is 17.6 Å². The molecule has 0 unspecified atom stereocenters. The van der Waals surface area contributed by atoms with E-state index >= 15 is 4.39 Å². The average molecular weight is 543 g/mol. The SMILES string of the molecule is CC(C)CNCc1cc(C(F)(F)F)c2ncn(-c3ccc(F)c(C4(c5nncn5C)CC(C)C4)c3)c(=O)c2c1. The van der Waals surface area contributed by atoms with Crippen LogP contribution in [-0.2, 0) is 25.2 Å². The van der Waals surface area contributed by atoms with Gasteiger partial charge in [0, 0.05) is 19.2 Å². The van der Waals surface area contributed by atoms with Crippen LogP contribution in [0.3, 0.4) is 0 Å². The van der Waals surface area contributed by atoms with Gasteiger partial charge in [-0.15, -0.1) is 10.2 Å². The van der Waals surface area contributed by atoms with Gasteiger partial charge >= 0.3 is 6.18 Å². The Bertz CT molecular complexity index is 1580. The number of aromatic nitrogens is 5. The zero-order valence-corrected chi connectivity index (χ0v) is 22.2. The second kappa shape index (κ2) is 9.86. The topological polar surface area (TPSA) is 77.6 Å². The van der Waals surface area contributed by atoms with Crippen molar-refractivity contribution in [1.29, 1.82) is 0 Å². The van der Waals surface area contributed by atoms with E-state index in [2.05, 4.69) is 27.4 Å². The lowest BCUT2D eigenvalue weighted by Crippen LogP contribution is -2.44. The first-order valence-electron chi connectivity index (χ1n) is 12.9. The molecule has 1 aliphatic rings. The number of nitrogens with one attached hydrogen (secondary N) is 1. The molecule has 0 aliphatic heterocycles. The Morgan fingerprint density at radius 1 is 1.15 bits per heavy atom. The third-order valence-corrected chi connectivity index (χ3v) is 7.39. The van der Waals surface area contributed by atoms with Gasteiger partial charge in [-0.1, -0.05) is 20.8 Å². The summed E-state index contributed by atoms with van der Waals surface area (Å²) in [5.74, 6) is 0.809. The maximum Gasteiger partial charge on any atom is 0.418 e. The van der Waals surface area contributed by atoms with Gasteiger partial charge in [0.1, 0.15) is 24.3 Å². The average Bonchev–Trinajstić information content (AvgIpc) is 3.28. The number of benzene rings is 2. The number of nitrogens with zero attached hydrogens (tertiary/aromatic N) is 5. The number of alkyl halides is 3. The number of rotatable bonds is 7. The summed E-state index contributed by atoms with van der Waals surface area (Å²) in [6, 6.07) is 6.76. The molecule has 4 aromatic rings. The van der Waals surface area contributed by atoms with Gasteiger partial charge in [0.05, 0.1) is 27.6 Å². The van der Waals surface area contributed by atoms with Gasteiger partial charge < -0.3 is 9.88 Å². The molecule has 0 amide bonds. The molecule has 1 fully saturated rings. The minimum atomic E-state index is -4.69. The van der Waals surface area contributed by atoms with Gasteiger partial charge in [-0.3, -0.25) is 9.36 Å². The van der Waals surface area contributed by atoms with Crippen molar-refractivity contribution >= 4 is 10.9 Å². The third-order valence-electron chi connectivity index (χ3n) is 7.39. The fourth-order valence-electron chi connectivity index (χ4n) is 5.70. The molecule has 11 heteroatoms. The molecular weight excluding hydrogens is 512 g/mol. The summed E-state index contributed by atoms with van der Waals surface area (Å²) < 4.78 is 60.1. The van der Waals surface area contributed by atoms with E-state index < -0.39 is 34.0 Å². The van der Waals surface area contributed by atoms with Crippen molar-refractivity contribution < 1.29 is 17.6 Å². The summed E-state index contributed by atoms with van der Waals surface area (Å²) in [6.07, 6.45) is -0.763. The summed E-state index contributed by atoms with van der Waals surface area (Å²) in [6.45, 7) is 6.84. The highest BCUT2D eigenvalue weighted by Crippen LogP contribution is 2.52. The Kier molecular flexibility index (Phi) is 6.82. The van der Waals surface area contributed by atoms with Gasteiger partial charge in [-0.2, -0.15) is 13.2 Å². The lowest BCUT2D eigenvalue weighted by atomic mass is 9.58. The minimum absolute atomic E-state index is 0.153. The molecule has 1 N–H and O–H groups in total. The molecule has 0 radical (unpaired) electrons. The minimum Gasteiger partial charge on any atom is -0.320 e. The molecule has 1 aliphatic carbocycles. The molecule has 206 valence electrons. The van der Waals surface area contributed by atoms with E-state index in [-0.39, 0.29) is 11.9 Å². The molecule has 2 heterocycles. The number of hydrogen-bond donors (Lipinski definition) is 1. The van der Waals surface area contributed by atoms with Gasteiger partial charge in [-0.25, -0.2) is 9.37 Å². The summed E-state index contributed by atoms with van der Waals surface area (Å²) >= 11 is 0. The molecule has 0 spiro atoms. The van der Waals surface area contributed by atoms with E-state index in [9.17, 15) is 18.0 Å². The highest BCUT2D eigenvalue weighted by molar-refractivity contribution is 5.82. The van der Waals surface area contributed by atoms with Crippen molar-refractivity contribution in [2.75, 3.05) is 6.54 Å². The van der Waals surface area contributed by atoms with Gasteiger partial charge in [0.15, 0.2) is 0 Å². The zero-order chi connectivity index (χ0) is 28.1. The van der Waals surface area contributed by atoms with Crippen molar-refractivity contribution in [2.24, 2.45) is 18.9 Å². The van der Waals surface area contributed by atoms with Crippen LogP contribution in [0.5, 0.6) is 0 Å². The summed E-state index contributed by atoms with van der Waals surface area (Å²) in [5.41, 5.74) is -1.76. The van der Waals surface area contributed by atoms with E-state index in [1.807, 2.05) is 13.8 Å². The molecule has 0 atom stereocenters. The van der Waals surface area contributed by atoms with Crippen LogP contribution < -0.4 is 10.9 Å². The maximum atomic E-state index is 15.3. The monoisotopic (exact) mass is 542 g/mol. The number of fused-ring (bicyclic) bond motifs is 1. The molecule has 39 heavy (non-hydrogen) atoms. The van der Waals surface area contributed by atoms with Crippen LogP contribution in [-0.4, -0.2) is 30.9 Å². The fourth-order valence-corrected chi connectivity index (χ4v) is 5.70. The van der Waals surface area contributed by atoms with E-state index in [1.165, 1.54) is 22.8 Å². The molecular formula is C28H30F4N6O. The van der Waals surface area contributed by atoms with Crippen LogP contribution in [0.2, 0.25) is 0 Å². The largest absolute Gasteiger partial charge is 0.418 e. The molecule has 7 nitrogen and oxygen atoms in total. The van der Waals surface area contributed by atoms with Crippen molar-refractivity contribution in [3.05, 3.63) is 81.7 Å². The Morgan fingerprint density at radius 3 is 2.51 bits per heavy atom. The molecule has 2 aromatic carbocycles. The summed E-state index contributed by atoms with van der Waals surface area (Å²) in [5, 5.41) is 11.2. The predicted octanol–water partition coefficient (Wildman–Crippen LogP) is 5.13. The predicted molar refractivity (Wildman–Crippen MR) is 139 cm³/mol. The standard InChI is InChI=1S/C28H30F4N6O/c1-16(2)12-33-13-18-7-20-24(22(8-18)28(30,31)32)34-14-38(25(20)39)19-5-6-23(29)21(9-19)27(10-17(3)11-27)26-36-35-15-37(26)4/h5-9,14-17,33H,10-13H2,1-4H3. The van der Waals surface area contributed by atoms with Crippen LogP contribution in [0, 0.1) is 17.7 Å². The van der Waals surface area contributed by atoms with Crippen LogP contribution >= 0.6 is 0 Å². The normalized spacial score (nSPS) is 19.6. The molecule has 0 bridgehead atoms. The third kappa shape index (κ3) is 4.84.